The molecule has 0 unspecified atom stereocenters. The summed E-state index contributed by atoms with van der Waals surface area (Å²) in [4.78, 5) is 6.68. The fraction of sp³-hybridized carbons (Fsp3) is 0.188. The smallest absolute Gasteiger partial charge is 0.118 e. The Morgan fingerprint density at radius 3 is 2.68 bits per heavy atom. The monoisotopic (exact) mass is 252 g/mol. The van der Waals surface area contributed by atoms with E-state index in [0.29, 0.717) is 6.67 Å². The predicted octanol–water partition coefficient (Wildman–Crippen LogP) is 3.09. The van der Waals surface area contributed by atoms with Crippen molar-refractivity contribution in [1.82, 2.24) is 0 Å². The van der Waals surface area contributed by atoms with Gasteiger partial charge in [-0.2, -0.15) is 0 Å². The number of benzene rings is 2. The van der Waals surface area contributed by atoms with Crippen molar-refractivity contribution in [3.05, 3.63) is 59.7 Å². The molecule has 2 aromatic rings. The van der Waals surface area contributed by atoms with E-state index in [1.807, 2.05) is 24.4 Å². The second-order valence-electron chi connectivity index (χ2n) is 4.56. The van der Waals surface area contributed by atoms with Gasteiger partial charge in [-0.25, -0.2) is 0 Å². The maximum atomic E-state index is 5.18. The number of methoxy groups -OCH3 is 1. The molecular formula is C16H16N2O. The number of para-hydroxylation sites is 1. The van der Waals surface area contributed by atoms with Gasteiger partial charge in [0.05, 0.1) is 7.11 Å². The molecule has 3 nitrogen and oxygen atoms in total. The fourth-order valence-electron chi connectivity index (χ4n) is 2.29. The molecule has 96 valence electrons. The van der Waals surface area contributed by atoms with E-state index in [-0.39, 0.29) is 0 Å². The lowest BCUT2D eigenvalue weighted by Gasteiger charge is -2.27. The third-order valence-electron chi connectivity index (χ3n) is 3.29. The first-order valence-corrected chi connectivity index (χ1v) is 6.33. The summed E-state index contributed by atoms with van der Waals surface area (Å²) in [5, 5.41) is 0. The number of rotatable bonds is 3. The van der Waals surface area contributed by atoms with Gasteiger partial charge in [-0.3, -0.25) is 4.99 Å². The van der Waals surface area contributed by atoms with Crippen LogP contribution in [0.2, 0.25) is 0 Å². The highest BCUT2D eigenvalue weighted by Crippen LogP contribution is 2.24. The van der Waals surface area contributed by atoms with E-state index in [0.717, 1.165) is 12.3 Å². The maximum Gasteiger partial charge on any atom is 0.118 e. The van der Waals surface area contributed by atoms with Gasteiger partial charge in [0, 0.05) is 24.0 Å². The van der Waals surface area contributed by atoms with Crippen molar-refractivity contribution in [2.45, 2.75) is 6.54 Å². The molecule has 0 saturated carbocycles. The molecule has 0 N–H and O–H groups in total. The normalized spacial score (nSPS) is 13.2. The molecule has 0 radical (unpaired) electrons. The van der Waals surface area contributed by atoms with Gasteiger partial charge in [0.25, 0.3) is 0 Å². The lowest BCUT2D eigenvalue weighted by Crippen LogP contribution is -2.26. The Morgan fingerprint density at radius 1 is 1.11 bits per heavy atom. The maximum absolute atomic E-state index is 5.18. The molecular weight excluding hydrogens is 236 g/mol. The summed E-state index contributed by atoms with van der Waals surface area (Å²) in [6.07, 6.45) is 1.94. The van der Waals surface area contributed by atoms with Crippen molar-refractivity contribution < 1.29 is 4.74 Å². The van der Waals surface area contributed by atoms with Crippen molar-refractivity contribution >= 4 is 11.9 Å². The van der Waals surface area contributed by atoms with Crippen LogP contribution in [0.1, 0.15) is 11.1 Å². The lowest BCUT2D eigenvalue weighted by molar-refractivity contribution is 0.414. The minimum atomic E-state index is 0.711. The van der Waals surface area contributed by atoms with Crippen molar-refractivity contribution in [2.75, 3.05) is 18.7 Å². The first-order valence-electron chi connectivity index (χ1n) is 6.33. The van der Waals surface area contributed by atoms with Gasteiger partial charge in [0.2, 0.25) is 0 Å². The molecule has 0 bridgehead atoms. The topological polar surface area (TPSA) is 24.8 Å². The summed E-state index contributed by atoms with van der Waals surface area (Å²) >= 11 is 0. The van der Waals surface area contributed by atoms with E-state index in [1.165, 1.54) is 16.8 Å². The Hall–Kier alpha value is -2.29. The van der Waals surface area contributed by atoms with Crippen LogP contribution in [0, 0.1) is 0 Å². The largest absolute Gasteiger partial charge is 0.497 e. The van der Waals surface area contributed by atoms with Crippen molar-refractivity contribution in [3.63, 3.8) is 0 Å². The number of anilines is 1. The highest BCUT2D eigenvalue weighted by atomic mass is 16.5. The third kappa shape index (κ3) is 2.45. The number of fused-ring (bicyclic) bond motifs is 1. The van der Waals surface area contributed by atoms with E-state index in [2.05, 4.69) is 40.2 Å². The molecule has 19 heavy (non-hydrogen) atoms. The van der Waals surface area contributed by atoms with E-state index in [1.54, 1.807) is 7.11 Å². The summed E-state index contributed by atoms with van der Waals surface area (Å²) in [5.74, 6) is 0.890. The van der Waals surface area contributed by atoms with Gasteiger partial charge < -0.3 is 9.64 Å². The van der Waals surface area contributed by atoms with Crippen LogP contribution < -0.4 is 9.64 Å². The van der Waals surface area contributed by atoms with E-state index < -0.39 is 0 Å². The molecule has 0 atom stereocenters. The zero-order valence-electron chi connectivity index (χ0n) is 10.9. The second-order valence-corrected chi connectivity index (χ2v) is 4.56. The van der Waals surface area contributed by atoms with E-state index >= 15 is 0 Å². The molecule has 1 heterocycles. The average molecular weight is 252 g/mol. The second kappa shape index (κ2) is 5.14. The summed E-state index contributed by atoms with van der Waals surface area (Å²) in [6.45, 7) is 1.57. The number of hydrogen-bond donors (Lipinski definition) is 0. The predicted molar refractivity (Wildman–Crippen MR) is 78.1 cm³/mol. The Balaban J connectivity index is 1.82. The summed E-state index contributed by atoms with van der Waals surface area (Å²) in [6, 6.07) is 16.5. The standard InChI is InChI=1S/C16H16N2O/c1-19-15-8-6-13(7-9-15)11-18-12-17-10-14-4-2-3-5-16(14)18/h2-10H,11-12H2,1H3. The van der Waals surface area contributed by atoms with Crippen LogP contribution in [0.4, 0.5) is 5.69 Å². The fourth-order valence-corrected chi connectivity index (χ4v) is 2.29. The number of nitrogens with zero attached hydrogens (tertiary/aromatic N) is 2. The van der Waals surface area contributed by atoms with Crippen LogP contribution in [0.15, 0.2) is 53.5 Å². The Labute approximate surface area is 113 Å². The van der Waals surface area contributed by atoms with E-state index in [9.17, 15) is 0 Å². The van der Waals surface area contributed by atoms with Crippen molar-refractivity contribution in [1.29, 1.82) is 0 Å². The van der Waals surface area contributed by atoms with Gasteiger partial charge in [-0.15, -0.1) is 0 Å². The number of aliphatic imine (C=N–C) groups is 1. The van der Waals surface area contributed by atoms with Crippen LogP contribution in [0.25, 0.3) is 0 Å². The first kappa shape index (κ1) is 11.8. The first-order chi connectivity index (χ1) is 9.36. The van der Waals surface area contributed by atoms with Crippen LogP contribution in [0.3, 0.4) is 0 Å². The zero-order valence-corrected chi connectivity index (χ0v) is 10.9. The molecule has 0 spiro atoms. The molecule has 1 aliphatic heterocycles. The minimum Gasteiger partial charge on any atom is -0.497 e. The molecule has 0 amide bonds. The van der Waals surface area contributed by atoms with Gasteiger partial charge in [-0.05, 0) is 23.8 Å². The minimum absolute atomic E-state index is 0.711. The third-order valence-corrected chi connectivity index (χ3v) is 3.29. The lowest BCUT2D eigenvalue weighted by atomic mass is 10.1. The molecule has 0 saturated heterocycles. The quantitative estimate of drug-likeness (QED) is 0.838. The van der Waals surface area contributed by atoms with Gasteiger partial charge in [-0.1, -0.05) is 30.3 Å². The van der Waals surface area contributed by atoms with Crippen LogP contribution in [-0.4, -0.2) is 20.0 Å². The molecule has 1 aliphatic rings. The summed E-state index contributed by atoms with van der Waals surface area (Å²) in [7, 11) is 1.69. The van der Waals surface area contributed by atoms with Crippen LogP contribution >= 0.6 is 0 Å². The molecule has 0 aliphatic carbocycles. The molecule has 3 heteroatoms. The number of hydrogen-bond acceptors (Lipinski definition) is 3. The van der Waals surface area contributed by atoms with Gasteiger partial charge in [0.1, 0.15) is 12.4 Å². The van der Waals surface area contributed by atoms with Gasteiger partial charge >= 0.3 is 0 Å². The van der Waals surface area contributed by atoms with Gasteiger partial charge in [0.15, 0.2) is 0 Å². The van der Waals surface area contributed by atoms with Crippen molar-refractivity contribution in [3.8, 4) is 5.75 Å². The van der Waals surface area contributed by atoms with Crippen molar-refractivity contribution in [2.24, 2.45) is 4.99 Å². The molecule has 0 aromatic heterocycles. The van der Waals surface area contributed by atoms with E-state index in [4.69, 9.17) is 4.74 Å². The molecule has 0 fully saturated rings. The van der Waals surface area contributed by atoms with Crippen LogP contribution in [0.5, 0.6) is 5.75 Å². The zero-order chi connectivity index (χ0) is 13.1. The number of ether oxygens (including phenoxy) is 1. The molecule has 3 rings (SSSR count). The average Bonchev–Trinajstić information content (AvgIpc) is 2.48. The summed E-state index contributed by atoms with van der Waals surface area (Å²) < 4.78 is 5.18. The summed E-state index contributed by atoms with van der Waals surface area (Å²) in [5.41, 5.74) is 3.68. The highest BCUT2D eigenvalue weighted by molar-refractivity contribution is 5.89. The Morgan fingerprint density at radius 2 is 1.89 bits per heavy atom. The Kier molecular flexibility index (Phi) is 3.19. The highest BCUT2D eigenvalue weighted by Gasteiger charge is 2.13. The Bertz CT molecular complexity index is 590. The molecule has 2 aromatic carbocycles. The SMILES string of the molecule is COc1ccc(CN2CN=Cc3ccccc32)cc1. The van der Waals surface area contributed by atoms with Crippen LogP contribution in [-0.2, 0) is 6.54 Å².